The highest BCUT2D eigenvalue weighted by atomic mass is 19.1. The highest BCUT2D eigenvalue weighted by Crippen LogP contribution is 2.28. The molecule has 0 radical (unpaired) electrons. The van der Waals surface area contributed by atoms with Crippen molar-refractivity contribution in [3.05, 3.63) is 77.9 Å². The van der Waals surface area contributed by atoms with Gasteiger partial charge in [0.05, 0.1) is 0 Å². The molecule has 1 heterocycles. The van der Waals surface area contributed by atoms with Crippen molar-refractivity contribution in [2.45, 2.75) is 25.8 Å². The number of carbonyl (C=O) groups excluding carboxylic acids is 1. The Balaban J connectivity index is 1.68. The summed E-state index contributed by atoms with van der Waals surface area (Å²) < 4.78 is 16.4. The van der Waals surface area contributed by atoms with E-state index in [9.17, 15) is 9.18 Å². The van der Waals surface area contributed by atoms with Crippen LogP contribution in [0.15, 0.2) is 60.9 Å². The molecule has 1 N–H and O–H groups in total. The Kier molecular flexibility index (Phi) is 3.88. The summed E-state index contributed by atoms with van der Waals surface area (Å²) in [5, 5.41) is 2.91. The highest BCUT2D eigenvalue weighted by molar-refractivity contribution is 5.96. The minimum Gasteiger partial charge on any atom is -0.349 e. The Labute approximate surface area is 146 Å². The highest BCUT2D eigenvalue weighted by Gasteiger charge is 2.24. The van der Waals surface area contributed by atoms with Crippen LogP contribution in [0.4, 0.5) is 4.39 Å². The molecule has 0 aliphatic heterocycles. The average molecular weight is 334 g/mol. The lowest BCUT2D eigenvalue weighted by Crippen LogP contribution is -2.25. The Morgan fingerprint density at radius 1 is 1.12 bits per heavy atom. The van der Waals surface area contributed by atoms with Crippen molar-refractivity contribution in [3.63, 3.8) is 0 Å². The van der Waals surface area contributed by atoms with E-state index in [0.29, 0.717) is 11.1 Å². The van der Waals surface area contributed by atoms with Gasteiger partial charge in [0.2, 0.25) is 0 Å². The number of halogens is 1. The van der Waals surface area contributed by atoms with E-state index in [4.69, 9.17) is 0 Å². The predicted octanol–water partition coefficient (Wildman–Crippen LogP) is 4.48. The molecule has 0 unspecified atom stereocenters. The number of hydrogen-bond donors (Lipinski definition) is 1. The number of amides is 1. The summed E-state index contributed by atoms with van der Waals surface area (Å²) in [5.74, 6) is -0.556. The Morgan fingerprint density at radius 2 is 1.80 bits per heavy atom. The van der Waals surface area contributed by atoms with Gasteiger partial charge in [0, 0.05) is 29.7 Å². The Bertz CT molecular complexity index is 910. The molecule has 2 aromatic carbocycles. The largest absolute Gasteiger partial charge is 0.349 e. The number of hydrogen-bond acceptors (Lipinski definition) is 1. The third-order valence-electron chi connectivity index (χ3n) is 4.60. The predicted molar refractivity (Wildman–Crippen MR) is 96.4 cm³/mol. The molecule has 1 fully saturated rings. The summed E-state index contributed by atoms with van der Waals surface area (Å²) in [6.07, 6.45) is 5.97. The molecule has 1 aliphatic carbocycles. The summed E-state index contributed by atoms with van der Waals surface area (Å²) in [6, 6.07) is 15.2. The van der Waals surface area contributed by atoms with Gasteiger partial charge in [-0.3, -0.25) is 4.79 Å². The summed E-state index contributed by atoms with van der Waals surface area (Å²) in [4.78, 5) is 12.3. The molecule has 4 rings (SSSR count). The molecule has 0 atom stereocenters. The fourth-order valence-electron chi connectivity index (χ4n) is 2.93. The molecule has 4 heteroatoms. The minimum atomic E-state index is -0.354. The molecule has 25 heavy (non-hydrogen) atoms. The fraction of sp³-hybridized carbons (Fsp3) is 0.190. The average Bonchev–Trinajstić information content (AvgIpc) is 3.26. The van der Waals surface area contributed by atoms with Crippen LogP contribution in [-0.2, 0) is 0 Å². The monoisotopic (exact) mass is 334 g/mol. The number of nitrogens with zero attached hydrogens (tertiary/aromatic N) is 1. The lowest BCUT2D eigenvalue weighted by atomic mass is 9.97. The van der Waals surface area contributed by atoms with E-state index in [1.807, 2.05) is 53.4 Å². The summed E-state index contributed by atoms with van der Waals surface area (Å²) >= 11 is 0. The van der Waals surface area contributed by atoms with Gasteiger partial charge in [-0.2, -0.15) is 0 Å². The van der Waals surface area contributed by atoms with E-state index >= 15 is 0 Å². The van der Waals surface area contributed by atoms with Crippen molar-refractivity contribution >= 4 is 5.91 Å². The molecule has 1 amide bonds. The first-order valence-corrected chi connectivity index (χ1v) is 8.46. The quantitative estimate of drug-likeness (QED) is 0.750. The molecule has 1 aliphatic rings. The third kappa shape index (κ3) is 3.20. The van der Waals surface area contributed by atoms with Crippen LogP contribution in [0.25, 0.3) is 16.8 Å². The second-order valence-corrected chi connectivity index (χ2v) is 6.52. The van der Waals surface area contributed by atoms with Gasteiger partial charge in [0.1, 0.15) is 5.82 Å². The van der Waals surface area contributed by atoms with Gasteiger partial charge in [-0.25, -0.2) is 4.39 Å². The van der Waals surface area contributed by atoms with Gasteiger partial charge >= 0.3 is 0 Å². The zero-order valence-corrected chi connectivity index (χ0v) is 14.0. The number of rotatable bonds is 4. The summed E-state index contributed by atoms with van der Waals surface area (Å²) in [7, 11) is 0. The summed E-state index contributed by atoms with van der Waals surface area (Å²) in [5.41, 5.74) is 3.61. The van der Waals surface area contributed by atoms with Crippen molar-refractivity contribution in [2.75, 3.05) is 0 Å². The maximum atomic E-state index is 14.4. The van der Waals surface area contributed by atoms with E-state index in [1.54, 1.807) is 13.0 Å². The van der Waals surface area contributed by atoms with E-state index in [0.717, 1.165) is 29.7 Å². The molecule has 126 valence electrons. The van der Waals surface area contributed by atoms with Crippen LogP contribution >= 0.6 is 0 Å². The standard InChI is InChI=1S/C21H19FN2O/c1-14-19(12-16(13-20(14)22)21(25)23-17-6-7-17)15-4-8-18(9-5-15)24-10-2-3-11-24/h2-5,8-13,17H,6-7H2,1H3,(H,23,25). The van der Waals surface area contributed by atoms with Crippen molar-refractivity contribution in [1.29, 1.82) is 0 Å². The van der Waals surface area contributed by atoms with Crippen molar-refractivity contribution in [2.24, 2.45) is 0 Å². The van der Waals surface area contributed by atoms with E-state index in [1.165, 1.54) is 6.07 Å². The van der Waals surface area contributed by atoms with Crippen molar-refractivity contribution < 1.29 is 9.18 Å². The number of aromatic nitrogens is 1. The molecule has 0 saturated heterocycles. The lowest BCUT2D eigenvalue weighted by Gasteiger charge is -2.12. The second-order valence-electron chi connectivity index (χ2n) is 6.52. The van der Waals surface area contributed by atoms with E-state index in [2.05, 4.69) is 5.32 Å². The first-order chi connectivity index (χ1) is 12.1. The molecule has 1 saturated carbocycles. The third-order valence-corrected chi connectivity index (χ3v) is 4.60. The number of carbonyl (C=O) groups is 1. The first-order valence-electron chi connectivity index (χ1n) is 8.46. The normalized spacial score (nSPS) is 13.7. The number of benzene rings is 2. The molecule has 1 aromatic heterocycles. The minimum absolute atomic E-state index is 0.202. The van der Waals surface area contributed by atoms with Gasteiger partial charge in [-0.1, -0.05) is 12.1 Å². The van der Waals surface area contributed by atoms with Crippen LogP contribution in [0.2, 0.25) is 0 Å². The van der Waals surface area contributed by atoms with Crippen molar-refractivity contribution in [3.8, 4) is 16.8 Å². The first kappa shape index (κ1) is 15.6. The van der Waals surface area contributed by atoms with Gasteiger partial charge in [0.15, 0.2) is 0 Å². The van der Waals surface area contributed by atoms with E-state index in [-0.39, 0.29) is 17.8 Å². The zero-order chi connectivity index (χ0) is 17.4. The van der Waals surface area contributed by atoms with Gasteiger partial charge < -0.3 is 9.88 Å². The van der Waals surface area contributed by atoms with Crippen LogP contribution in [0.1, 0.15) is 28.8 Å². The maximum absolute atomic E-state index is 14.4. The van der Waals surface area contributed by atoms with Crippen molar-refractivity contribution in [1.82, 2.24) is 9.88 Å². The van der Waals surface area contributed by atoms with Crippen LogP contribution in [0, 0.1) is 12.7 Å². The van der Waals surface area contributed by atoms with Crippen LogP contribution in [-0.4, -0.2) is 16.5 Å². The molecule has 3 nitrogen and oxygen atoms in total. The zero-order valence-electron chi connectivity index (χ0n) is 14.0. The summed E-state index contributed by atoms with van der Waals surface area (Å²) in [6.45, 7) is 1.74. The molecule has 3 aromatic rings. The topological polar surface area (TPSA) is 34.0 Å². The van der Waals surface area contributed by atoms with Crippen LogP contribution in [0.5, 0.6) is 0 Å². The SMILES string of the molecule is Cc1c(F)cc(C(=O)NC2CC2)cc1-c1ccc(-n2cccc2)cc1. The smallest absolute Gasteiger partial charge is 0.251 e. The molecule has 0 bridgehead atoms. The van der Waals surface area contributed by atoms with E-state index < -0.39 is 0 Å². The fourth-order valence-corrected chi connectivity index (χ4v) is 2.93. The molecular formula is C21H19FN2O. The van der Waals surface area contributed by atoms with Crippen LogP contribution < -0.4 is 5.32 Å². The van der Waals surface area contributed by atoms with Gasteiger partial charge in [0.25, 0.3) is 5.91 Å². The Morgan fingerprint density at radius 3 is 2.44 bits per heavy atom. The van der Waals surface area contributed by atoms with Gasteiger partial charge in [-0.15, -0.1) is 0 Å². The molecule has 0 spiro atoms. The van der Waals surface area contributed by atoms with Gasteiger partial charge in [-0.05, 0) is 72.9 Å². The number of nitrogens with one attached hydrogen (secondary N) is 1. The van der Waals surface area contributed by atoms with Crippen LogP contribution in [0.3, 0.4) is 0 Å². The second kappa shape index (κ2) is 6.20. The maximum Gasteiger partial charge on any atom is 0.251 e. The lowest BCUT2D eigenvalue weighted by molar-refractivity contribution is 0.0950. The Hall–Kier alpha value is -2.88. The molecular weight excluding hydrogens is 315 g/mol.